The van der Waals surface area contributed by atoms with Crippen LogP contribution in [0.15, 0.2) is 48.8 Å². The summed E-state index contributed by atoms with van der Waals surface area (Å²) < 4.78 is 14.8. The maximum Gasteiger partial charge on any atom is 0.141 e. The Morgan fingerprint density at radius 3 is 2.61 bits per heavy atom. The lowest BCUT2D eigenvalue weighted by Gasteiger charge is -2.03. The molecule has 0 saturated carbocycles. The van der Waals surface area contributed by atoms with Crippen molar-refractivity contribution >= 4 is 0 Å². The van der Waals surface area contributed by atoms with Gasteiger partial charge in [-0.3, -0.25) is 0 Å². The molecule has 0 fully saturated rings. The summed E-state index contributed by atoms with van der Waals surface area (Å²) >= 11 is 0. The molecule has 0 aliphatic carbocycles. The number of pyridine rings is 1. The van der Waals surface area contributed by atoms with Gasteiger partial charge in [-0.1, -0.05) is 5.92 Å². The molecular formula is C18H11FN4. The van der Waals surface area contributed by atoms with Crippen molar-refractivity contribution in [1.82, 2.24) is 14.5 Å². The molecule has 110 valence electrons. The number of aromatic nitrogens is 3. The highest BCUT2D eigenvalue weighted by molar-refractivity contribution is 5.43. The highest BCUT2D eigenvalue weighted by Gasteiger charge is 2.04. The average molecular weight is 302 g/mol. The molecule has 4 nitrogen and oxygen atoms in total. The minimum Gasteiger partial charge on any atom is -0.303 e. The second kappa shape index (κ2) is 6.13. The zero-order chi connectivity index (χ0) is 16.2. The van der Waals surface area contributed by atoms with Crippen LogP contribution in [0.3, 0.4) is 0 Å². The van der Waals surface area contributed by atoms with Crippen molar-refractivity contribution in [1.29, 1.82) is 5.26 Å². The van der Waals surface area contributed by atoms with Crippen LogP contribution < -0.4 is 0 Å². The average Bonchev–Trinajstić information content (AvgIpc) is 2.95. The van der Waals surface area contributed by atoms with Gasteiger partial charge in [0.1, 0.15) is 29.1 Å². The molecule has 0 amide bonds. The van der Waals surface area contributed by atoms with E-state index in [-0.39, 0.29) is 5.82 Å². The molecule has 0 unspecified atom stereocenters. The molecule has 2 heterocycles. The van der Waals surface area contributed by atoms with E-state index in [2.05, 4.69) is 21.8 Å². The fourth-order valence-corrected chi connectivity index (χ4v) is 2.10. The molecule has 0 bridgehead atoms. The molecule has 23 heavy (non-hydrogen) atoms. The standard InChI is InChI=1S/C18H11FN4/c1-13-22-16(5-2-14-8-9-21-17(10-14)11-20)12-23(13)18-6-3-15(19)4-7-18/h3-4,6-10,12H,1H3. The predicted molar refractivity (Wildman–Crippen MR) is 83.2 cm³/mol. The first-order valence-corrected chi connectivity index (χ1v) is 6.86. The monoisotopic (exact) mass is 302 g/mol. The molecule has 3 rings (SSSR count). The molecule has 0 aliphatic heterocycles. The number of benzene rings is 1. The van der Waals surface area contributed by atoms with Gasteiger partial charge in [0.05, 0.1) is 0 Å². The lowest BCUT2D eigenvalue weighted by molar-refractivity contribution is 0.627. The van der Waals surface area contributed by atoms with Crippen LogP contribution in [-0.2, 0) is 0 Å². The maximum absolute atomic E-state index is 13.0. The molecule has 1 aromatic carbocycles. The number of hydrogen-bond donors (Lipinski definition) is 0. The molecule has 0 N–H and O–H groups in total. The van der Waals surface area contributed by atoms with E-state index >= 15 is 0 Å². The smallest absolute Gasteiger partial charge is 0.141 e. The second-order valence-corrected chi connectivity index (χ2v) is 4.81. The van der Waals surface area contributed by atoms with Crippen LogP contribution in [0, 0.1) is 35.9 Å². The highest BCUT2D eigenvalue weighted by atomic mass is 19.1. The second-order valence-electron chi connectivity index (χ2n) is 4.81. The first kappa shape index (κ1) is 14.5. The van der Waals surface area contributed by atoms with Gasteiger partial charge >= 0.3 is 0 Å². The molecule has 0 spiro atoms. The number of nitrogens with zero attached hydrogens (tertiary/aromatic N) is 4. The third kappa shape index (κ3) is 3.25. The number of rotatable bonds is 1. The van der Waals surface area contributed by atoms with Crippen molar-refractivity contribution in [2.45, 2.75) is 6.92 Å². The maximum atomic E-state index is 13.0. The number of imidazole rings is 1. The fraction of sp³-hybridized carbons (Fsp3) is 0.0556. The Labute approximate surface area is 132 Å². The van der Waals surface area contributed by atoms with Crippen LogP contribution in [0.4, 0.5) is 4.39 Å². The molecule has 3 aromatic rings. The van der Waals surface area contributed by atoms with Gasteiger partial charge in [0, 0.05) is 23.6 Å². The lowest BCUT2D eigenvalue weighted by Crippen LogP contribution is -1.94. The summed E-state index contributed by atoms with van der Waals surface area (Å²) in [7, 11) is 0. The Bertz CT molecular complexity index is 953. The van der Waals surface area contributed by atoms with Gasteiger partial charge in [-0.05, 0) is 49.2 Å². The fourth-order valence-electron chi connectivity index (χ4n) is 2.10. The minimum absolute atomic E-state index is 0.280. The molecule has 2 aromatic heterocycles. The van der Waals surface area contributed by atoms with Crippen LogP contribution >= 0.6 is 0 Å². The highest BCUT2D eigenvalue weighted by Crippen LogP contribution is 2.13. The topological polar surface area (TPSA) is 54.5 Å². The van der Waals surface area contributed by atoms with E-state index in [1.807, 2.05) is 17.6 Å². The van der Waals surface area contributed by atoms with E-state index in [0.717, 1.165) is 11.5 Å². The number of nitriles is 1. The SMILES string of the molecule is Cc1nc(C#Cc2ccnc(C#N)c2)cn1-c1ccc(F)cc1. The van der Waals surface area contributed by atoms with Crippen molar-refractivity contribution in [3.05, 3.63) is 77.4 Å². The summed E-state index contributed by atoms with van der Waals surface area (Å²) in [6.07, 6.45) is 3.34. The first-order valence-electron chi connectivity index (χ1n) is 6.86. The zero-order valence-electron chi connectivity index (χ0n) is 12.3. The summed E-state index contributed by atoms with van der Waals surface area (Å²) in [5, 5.41) is 8.83. The Morgan fingerprint density at radius 1 is 1.09 bits per heavy atom. The Hall–Kier alpha value is -3.44. The quantitative estimate of drug-likeness (QED) is 0.649. The van der Waals surface area contributed by atoms with Crippen molar-refractivity contribution in [3.63, 3.8) is 0 Å². The number of hydrogen-bond acceptors (Lipinski definition) is 3. The minimum atomic E-state index is -0.280. The third-order valence-electron chi connectivity index (χ3n) is 3.20. The van der Waals surface area contributed by atoms with Crippen molar-refractivity contribution in [3.8, 4) is 23.6 Å². The molecular weight excluding hydrogens is 291 g/mol. The van der Waals surface area contributed by atoms with Crippen LogP contribution in [0.25, 0.3) is 5.69 Å². The summed E-state index contributed by atoms with van der Waals surface area (Å²) in [4.78, 5) is 8.28. The van der Waals surface area contributed by atoms with Gasteiger partial charge in [-0.15, -0.1) is 0 Å². The predicted octanol–water partition coefficient (Wildman–Crippen LogP) is 2.99. The van der Waals surface area contributed by atoms with Gasteiger partial charge in [0.25, 0.3) is 0 Å². The van der Waals surface area contributed by atoms with E-state index in [4.69, 9.17) is 5.26 Å². The summed E-state index contributed by atoms with van der Waals surface area (Å²) in [6, 6.07) is 11.5. The summed E-state index contributed by atoms with van der Waals surface area (Å²) in [6.45, 7) is 1.86. The zero-order valence-corrected chi connectivity index (χ0v) is 12.3. The van der Waals surface area contributed by atoms with Crippen LogP contribution in [0.2, 0.25) is 0 Å². The van der Waals surface area contributed by atoms with Crippen LogP contribution in [0.5, 0.6) is 0 Å². The van der Waals surface area contributed by atoms with Gasteiger partial charge in [0.15, 0.2) is 0 Å². The largest absolute Gasteiger partial charge is 0.303 e. The van der Waals surface area contributed by atoms with Crippen molar-refractivity contribution < 1.29 is 4.39 Å². The van der Waals surface area contributed by atoms with Gasteiger partial charge in [-0.2, -0.15) is 5.26 Å². The summed E-state index contributed by atoms with van der Waals surface area (Å²) in [5.74, 6) is 6.40. The Balaban J connectivity index is 1.91. The van der Waals surface area contributed by atoms with Crippen LogP contribution in [0.1, 0.15) is 22.8 Å². The van der Waals surface area contributed by atoms with E-state index in [9.17, 15) is 4.39 Å². The van der Waals surface area contributed by atoms with Crippen molar-refractivity contribution in [2.24, 2.45) is 0 Å². The van der Waals surface area contributed by atoms with E-state index in [1.165, 1.54) is 12.1 Å². The third-order valence-corrected chi connectivity index (χ3v) is 3.20. The molecule has 0 atom stereocenters. The molecule has 0 radical (unpaired) electrons. The Kier molecular flexibility index (Phi) is 3.86. The van der Waals surface area contributed by atoms with Gasteiger partial charge in [0.2, 0.25) is 0 Å². The van der Waals surface area contributed by atoms with E-state index < -0.39 is 0 Å². The Morgan fingerprint density at radius 2 is 1.87 bits per heavy atom. The molecule has 5 heteroatoms. The normalized spacial score (nSPS) is 9.78. The molecule has 0 aliphatic rings. The number of aryl methyl sites for hydroxylation is 1. The summed E-state index contributed by atoms with van der Waals surface area (Å²) in [5.41, 5.74) is 2.44. The van der Waals surface area contributed by atoms with Gasteiger partial charge < -0.3 is 4.57 Å². The van der Waals surface area contributed by atoms with Crippen molar-refractivity contribution in [2.75, 3.05) is 0 Å². The van der Waals surface area contributed by atoms with Crippen LogP contribution in [-0.4, -0.2) is 14.5 Å². The number of halogens is 1. The van der Waals surface area contributed by atoms with E-state index in [0.29, 0.717) is 17.0 Å². The first-order chi connectivity index (χ1) is 11.2. The molecule has 0 saturated heterocycles. The van der Waals surface area contributed by atoms with E-state index in [1.54, 1.807) is 36.7 Å². The lowest BCUT2D eigenvalue weighted by atomic mass is 10.2. The van der Waals surface area contributed by atoms with Gasteiger partial charge in [-0.25, -0.2) is 14.4 Å².